The molecule has 0 aliphatic carbocycles. The Morgan fingerprint density at radius 2 is 2.09 bits per heavy atom. The minimum absolute atomic E-state index is 0. The lowest BCUT2D eigenvalue weighted by molar-refractivity contribution is 0.737. The van der Waals surface area contributed by atoms with Gasteiger partial charge in [-0.25, -0.2) is 0 Å². The predicted octanol–water partition coefficient (Wildman–Crippen LogP) is 1.03. The topological polar surface area (TPSA) is 43.8 Å². The third kappa shape index (κ3) is 2.69. The maximum absolute atomic E-state index is 5.41. The highest BCUT2D eigenvalue weighted by molar-refractivity contribution is 5.85. The van der Waals surface area contributed by atoms with Crippen LogP contribution in [0.1, 0.15) is 11.3 Å². The van der Waals surface area contributed by atoms with Gasteiger partial charge in [0.1, 0.15) is 0 Å². The van der Waals surface area contributed by atoms with E-state index in [1.165, 1.54) is 0 Å². The van der Waals surface area contributed by atoms with Gasteiger partial charge in [0.25, 0.3) is 0 Å². The minimum atomic E-state index is 0. The molecule has 0 fully saturated rings. The highest BCUT2D eigenvalue weighted by atomic mass is 35.5. The van der Waals surface area contributed by atoms with E-state index in [-0.39, 0.29) is 24.8 Å². The zero-order chi connectivity index (χ0) is 6.85. The Bertz CT molecular complexity index is 210. The average Bonchev–Trinajstić information content (AvgIpc) is 2.15. The van der Waals surface area contributed by atoms with Crippen LogP contribution in [-0.2, 0) is 13.6 Å². The molecule has 0 aliphatic heterocycles. The van der Waals surface area contributed by atoms with Crippen LogP contribution in [0.3, 0.4) is 0 Å². The minimum Gasteiger partial charge on any atom is -0.326 e. The zero-order valence-electron chi connectivity index (χ0n) is 6.57. The lowest BCUT2D eigenvalue weighted by atomic mass is 10.3. The van der Waals surface area contributed by atoms with Gasteiger partial charge in [0.15, 0.2) is 0 Å². The first-order chi connectivity index (χ1) is 4.25. The molecule has 1 aromatic rings. The van der Waals surface area contributed by atoms with Crippen LogP contribution in [0.25, 0.3) is 0 Å². The van der Waals surface area contributed by atoms with Crippen molar-refractivity contribution in [3.05, 3.63) is 17.5 Å². The van der Waals surface area contributed by atoms with Crippen molar-refractivity contribution >= 4 is 24.8 Å². The van der Waals surface area contributed by atoms with Crippen molar-refractivity contribution in [2.24, 2.45) is 12.8 Å². The standard InChI is InChI=1S/C6H11N3.2ClH/c1-5-6(3-7)4-8-9(5)2;;/h4H,3,7H2,1-2H3;2*1H. The summed E-state index contributed by atoms with van der Waals surface area (Å²) in [7, 11) is 1.91. The third-order valence-electron chi connectivity index (χ3n) is 1.56. The maximum Gasteiger partial charge on any atom is 0.0537 e. The molecule has 11 heavy (non-hydrogen) atoms. The summed E-state index contributed by atoms with van der Waals surface area (Å²) in [6, 6.07) is 0. The Kier molecular flexibility index (Phi) is 6.56. The number of hydrogen-bond donors (Lipinski definition) is 1. The lowest BCUT2D eigenvalue weighted by Crippen LogP contribution is -1.98. The first-order valence-corrected chi connectivity index (χ1v) is 2.93. The number of nitrogens with two attached hydrogens (primary N) is 1. The van der Waals surface area contributed by atoms with Crippen LogP contribution in [0.4, 0.5) is 0 Å². The van der Waals surface area contributed by atoms with Gasteiger partial charge in [-0.3, -0.25) is 4.68 Å². The third-order valence-corrected chi connectivity index (χ3v) is 1.56. The van der Waals surface area contributed by atoms with Crippen LogP contribution >= 0.6 is 24.8 Å². The quantitative estimate of drug-likeness (QED) is 0.732. The summed E-state index contributed by atoms with van der Waals surface area (Å²) in [5.41, 5.74) is 7.68. The smallest absolute Gasteiger partial charge is 0.0537 e. The van der Waals surface area contributed by atoms with E-state index >= 15 is 0 Å². The van der Waals surface area contributed by atoms with Crippen LogP contribution in [0, 0.1) is 6.92 Å². The van der Waals surface area contributed by atoms with E-state index in [4.69, 9.17) is 5.73 Å². The van der Waals surface area contributed by atoms with Crippen molar-refractivity contribution in [1.29, 1.82) is 0 Å². The van der Waals surface area contributed by atoms with Crippen LogP contribution in [0.5, 0.6) is 0 Å². The molecule has 0 spiro atoms. The van der Waals surface area contributed by atoms with Crippen molar-refractivity contribution in [2.45, 2.75) is 13.5 Å². The van der Waals surface area contributed by atoms with Crippen LogP contribution in [0.15, 0.2) is 6.20 Å². The Morgan fingerprint density at radius 1 is 1.55 bits per heavy atom. The van der Waals surface area contributed by atoms with Crippen molar-refractivity contribution in [1.82, 2.24) is 9.78 Å². The molecule has 2 N–H and O–H groups in total. The Balaban J connectivity index is 0. The van der Waals surface area contributed by atoms with Gasteiger partial charge in [0.05, 0.1) is 6.20 Å². The summed E-state index contributed by atoms with van der Waals surface area (Å²) < 4.78 is 1.82. The number of rotatable bonds is 1. The zero-order valence-corrected chi connectivity index (χ0v) is 8.21. The van der Waals surface area contributed by atoms with E-state index in [0.717, 1.165) is 11.3 Å². The van der Waals surface area contributed by atoms with Gasteiger partial charge in [-0.1, -0.05) is 0 Å². The van der Waals surface area contributed by atoms with E-state index in [1.54, 1.807) is 6.20 Å². The van der Waals surface area contributed by atoms with Crippen molar-refractivity contribution in [3.8, 4) is 0 Å². The SMILES string of the molecule is Cc1c(CN)cnn1C.Cl.Cl. The van der Waals surface area contributed by atoms with Gasteiger partial charge in [0.2, 0.25) is 0 Å². The molecule has 0 aliphatic rings. The normalized spacial score (nSPS) is 8.27. The molecular formula is C6H13Cl2N3. The molecule has 0 bridgehead atoms. The number of halogens is 2. The van der Waals surface area contributed by atoms with E-state index < -0.39 is 0 Å². The number of hydrogen-bond acceptors (Lipinski definition) is 2. The van der Waals surface area contributed by atoms with E-state index in [1.807, 2.05) is 18.7 Å². The summed E-state index contributed by atoms with van der Waals surface area (Å²) in [5, 5.41) is 4.02. The van der Waals surface area contributed by atoms with Gasteiger partial charge >= 0.3 is 0 Å². The first kappa shape index (κ1) is 13.3. The molecule has 3 nitrogen and oxygen atoms in total. The average molecular weight is 198 g/mol. The molecule has 0 saturated heterocycles. The van der Waals surface area contributed by atoms with Crippen LogP contribution < -0.4 is 5.73 Å². The van der Waals surface area contributed by atoms with Crippen molar-refractivity contribution in [3.63, 3.8) is 0 Å². The molecule has 0 aromatic carbocycles. The summed E-state index contributed by atoms with van der Waals surface area (Å²) >= 11 is 0. The van der Waals surface area contributed by atoms with Gasteiger partial charge in [-0.05, 0) is 6.92 Å². The van der Waals surface area contributed by atoms with E-state index in [0.29, 0.717) is 6.54 Å². The van der Waals surface area contributed by atoms with E-state index in [9.17, 15) is 0 Å². The largest absolute Gasteiger partial charge is 0.326 e. The molecule has 0 radical (unpaired) electrons. The fraction of sp³-hybridized carbons (Fsp3) is 0.500. The van der Waals surface area contributed by atoms with Crippen molar-refractivity contribution in [2.75, 3.05) is 0 Å². The lowest BCUT2D eigenvalue weighted by Gasteiger charge is -1.93. The molecule has 1 rings (SSSR count). The first-order valence-electron chi connectivity index (χ1n) is 2.93. The Morgan fingerprint density at radius 3 is 2.27 bits per heavy atom. The highest BCUT2D eigenvalue weighted by Gasteiger charge is 1.98. The second kappa shape index (κ2) is 5.41. The second-order valence-electron chi connectivity index (χ2n) is 2.08. The Labute approximate surface area is 78.8 Å². The second-order valence-corrected chi connectivity index (χ2v) is 2.08. The molecule has 0 atom stereocenters. The fourth-order valence-electron chi connectivity index (χ4n) is 0.745. The molecule has 0 saturated carbocycles. The van der Waals surface area contributed by atoms with Crippen LogP contribution in [-0.4, -0.2) is 9.78 Å². The maximum atomic E-state index is 5.41. The summed E-state index contributed by atoms with van der Waals surface area (Å²) in [5.74, 6) is 0. The van der Waals surface area contributed by atoms with Crippen LogP contribution in [0.2, 0.25) is 0 Å². The monoisotopic (exact) mass is 197 g/mol. The fourth-order valence-corrected chi connectivity index (χ4v) is 0.745. The number of aromatic nitrogens is 2. The van der Waals surface area contributed by atoms with E-state index in [2.05, 4.69) is 5.10 Å². The highest BCUT2D eigenvalue weighted by Crippen LogP contribution is 2.02. The molecule has 0 amide bonds. The summed E-state index contributed by atoms with van der Waals surface area (Å²) in [6.45, 7) is 2.59. The summed E-state index contributed by atoms with van der Waals surface area (Å²) in [4.78, 5) is 0. The molecule has 66 valence electrons. The number of nitrogens with zero attached hydrogens (tertiary/aromatic N) is 2. The number of aryl methyl sites for hydroxylation is 1. The molecule has 5 heteroatoms. The van der Waals surface area contributed by atoms with Gasteiger partial charge < -0.3 is 5.73 Å². The van der Waals surface area contributed by atoms with Gasteiger partial charge in [-0.2, -0.15) is 5.10 Å². The molecule has 1 aromatic heterocycles. The Hall–Kier alpha value is -0.250. The van der Waals surface area contributed by atoms with Gasteiger partial charge in [0, 0.05) is 24.8 Å². The predicted molar refractivity (Wildman–Crippen MR) is 50.3 cm³/mol. The molecule has 0 unspecified atom stereocenters. The molecular weight excluding hydrogens is 185 g/mol. The van der Waals surface area contributed by atoms with Gasteiger partial charge in [-0.15, -0.1) is 24.8 Å². The summed E-state index contributed by atoms with van der Waals surface area (Å²) in [6.07, 6.45) is 1.80. The molecule has 1 heterocycles. The van der Waals surface area contributed by atoms with Crippen molar-refractivity contribution < 1.29 is 0 Å².